The zero-order chi connectivity index (χ0) is 11.8. The quantitative estimate of drug-likeness (QED) is 0.472. The van der Waals surface area contributed by atoms with Gasteiger partial charge in [0.25, 0.3) is 0 Å². The van der Waals surface area contributed by atoms with Crippen LogP contribution in [0.3, 0.4) is 0 Å². The van der Waals surface area contributed by atoms with E-state index in [0.717, 1.165) is 0 Å². The number of para-hydroxylation sites is 1. The first kappa shape index (κ1) is 14.1. The highest BCUT2D eigenvalue weighted by molar-refractivity contribution is 7.76. The Kier molecular flexibility index (Phi) is 6.93. The monoisotopic (exact) mass is 188 g/mol. The number of carbonyl (C=O) groups is 1. The van der Waals surface area contributed by atoms with Crippen LogP contribution in [0.15, 0.2) is 24.3 Å². The van der Waals surface area contributed by atoms with Crippen LogP contribution in [-0.4, -0.2) is 55.1 Å². The molecule has 0 saturated carbocycles. The van der Waals surface area contributed by atoms with Crippen molar-refractivity contribution in [2.45, 2.75) is 0 Å². The van der Waals surface area contributed by atoms with E-state index in [0.29, 0.717) is 11.8 Å². The highest BCUT2D eigenvalue weighted by atomic mass is 16.3. The molecule has 1 aromatic rings. The van der Waals surface area contributed by atoms with Gasteiger partial charge >= 0.3 is 0 Å². The van der Waals surface area contributed by atoms with Crippen molar-refractivity contribution in [3.05, 3.63) is 29.8 Å². The van der Waals surface area contributed by atoms with Gasteiger partial charge in [0.2, 0.25) is 0 Å². The minimum Gasteiger partial charge on any atom is -0.507 e. The fourth-order valence-electron chi connectivity index (χ4n) is 0.587. The number of hydrogen-bond donors (Lipinski definition) is 1. The van der Waals surface area contributed by atoms with Crippen molar-refractivity contribution in [1.29, 1.82) is 0 Å². The Bertz CT molecular complexity index is 297. The van der Waals surface area contributed by atoms with Gasteiger partial charge in [-0.25, -0.2) is 0 Å². The smallest absolute Gasteiger partial charge is 0.153 e. The summed E-state index contributed by atoms with van der Waals surface area (Å²) in [5.41, 5.74) is 0.331. The number of aromatic hydroxyl groups is 1. The Morgan fingerprint density at radius 2 is 1.53 bits per heavy atom. The molecule has 0 spiro atoms. The number of benzene rings is 1. The molecule has 0 bridgehead atoms. The third kappa shape index (κ3) is 6.21. The van der Waals surface area contributed by atoms with Crippen LogP contribution >= 0.6 is 0 Å². The van der Waals surface area contributed by atoms with Gasteiger partial charge in [-0.15, -0.1) is 0 Å². The van der Waals surface area contributed by atoms with Gasteiger partial charge in [0.05, 0.1) is 5.56 Å². The molecule has 0 unspecified atom stereocenters. The molecule has 2 nitrogen and oxygen atoms in total. The summed E-state index contributed by atoms with van der Waals surface area (Å²) in [5, 5.41) is 8.88. The van der Waals surface area contributed by atoms with Crippen molar-refractivity contribution >= 4 is 50.0 Å². The van der Waals surface area contributed by atoms with Crippen LogP contribution in [-0.2, 0) is 0 Å². The summed E-state index contributed by atoms with van der Waals surface area (Å²) in [6, 6.07) is 6.40. The number of aldehydes is 1. The van der Waals surface area contributed by atoms with Crippen molar-refractivity contribution in [1.82, 2.24) is 0 Å². The predicted molar refractivity (Wildman–Crippen MR) is 68.0 cm³/mol. The fourth-order valence-corrected chi connectivity index (χ4v) is 0.587. The van der Waals surface area contributed by atoms with Crippen LogP contribution < -0.4 is 0 Å². The standard InChI is InChI=1S/C7H6O2.B6/c8-5-6-3-1-2-4-7(6)9;1-5(2)6(3)4/h1-5,9H;. The molecule has 8 heteroatoms. The van der Waals surface area contributed by atoms with E-state index in [1.807, 2.05) is 0 Å². The average Bonchev–Trinajstić information content (AvgIpc) is 2.19. The van der Waals surface area contributed by atoms with E-state index < -0.39 is 12.8 Å². The van der Waals surface area contributed by atoms with Crippen LogP contribution in [0.1, 0.15) is 10.4 Å². The second kappa shape index (κ2) is 7.38. The van der Waals surface area contributed by atoms with Gasteiger partial charge in [-0.2, -0.15) is 0 Å². The zero-order valence-corrected chi connectivity index (χ0v) is 8.21. The Labute approximate surface area is 95.9 Å². The molecular formula is C7H6B6O2. The minimum atomic E-state index is -0.593. The molecule has 1 aromatic carbocycles. The molecule has 1 N–H and O–H groups in total. The van der Waals surface area contributed by atoms with Gasteiger partial charge in [-0.05, 0) is 12.1 Å². The van der Waals surface area contributed by atoms with Gasteiger partial charge in [-0.1, -0.05) is 12.1 Å². The molecule has 0 aliphatic carbocycles. The lowest BCUT2D eigenvalue weighted by Gasteiger charge is -2.00. The molecule has 1 rings (SSSR count). The SMILES string of the molecule is O=Cc1ccccc1O.[B]B([B])B([B])[B]. The first-order chi connectivity index (χ1) is 6.99. The third-order valence-electron chi connectivity index (χ3n) is 1.51. The van der Waals surface area contributed by atoms with Crippen LogP contribution in [0.5, 0.6) is 5.75 Å². The van der Waals surface area contributed by atoms with E-state index in [2.05, 4.69) is 0 Å². The van der Waals surface area contributed by atoms with Crippen LogP contribution in [0.4, 0.5) is 0 Å². The molecule has 0 aromatic heterocycles. The summed E-state index contributed by atoms with van der Waals surface area (Å²) in [7, 11) is 19.9. The maximum absolute atomic E-state index is 10.1. The average molecular weight is 187 g/mol. The molecule has 0 amide bonds. The fraction of sp³-hybridized carbons (Fsp3) is 0. The lowest BCUT2D eigenvalue weighted by molar-refractivity contribution is 0.112. The maximum Gasteiger partial charge on any atom is 0.153 e. The molecule has 0 aliphatic heterocycles. The third-order valence-corrected chi connectivity index (χ3v) is 1.51. The Morgan fingerprint density at radius 1 is 1.07 bits per heavy atom. The number of hydrogen-bond acceptors (Lipinski definition) is 2. The van der Waals surface area contributed by atoms with Gasteiger partial charge < -0.3 is 5.11 Å². The van der Waals surface area contributed by atoms with Crippen LogP contribution in [0, 0.1) is 0 Å². The Morgan fingerprint density at radius 3 is 1.80 bits per heavy atom. The van der Waals surface area contributed by atoms with E-state index in [-0.39, 0.29) is 5.75 Å². The summed E-state index contributed by atoms with van der Waals surface area (Å²) in [6.07, 6.45) is -0.565. The van der Waals surface area contributed by atoms with E-state index in [1.54, 1.807) is 18.2 Å². The second-order valence-electron chi connectivity index (χ2n) is 2.83. The van der Waals surface area contributed by atoms with Crippen LogP contribution in [0.2, 0.25) is 0 Å². The Balaban J connectivity index is 0.000000288. The lowest BCUT2D eigenvalue weighted by atomic mass is 8.81. The normalized spacial score (nSPS) is 8.27. The van der Waals surface area contributed by atoms with Gasteiger partial charge in [0.15, 0.2) is 6.29 Å². The van der Waals surface area contributed by atoms with Gasteiger partial charge in [0, 0.05) is 43.7 Å². The number of phenols is 1. The molecule has 64 valence electrons. The number of rotatable bonds is 2. The Hall–Kier alpha value is -0.920. The maximum atomic E-state index is 10.1. The molecule has 15 heavy (non-hydrogen) atoms. The minimum absolute atomic E-state index is 0.0347. The summed E-state index contributed by atoms with van der Waals surface area (Å²) < 4.78 is 0. The second-order valence-corrected chi connectivity index (χ2v) is 2.83. The van der Waals surface area contributed by atoms with Crippen LogP contribution in [0.25, 0.3) is 0 Å². The van der Waals surface area contributed by atoms with E-state index in [9.17, 15) is 4.79 Å². The van der Waals surface area contributed by atoms with Gasteiger partial charge in [0.1, 0.15) is 5.75 Å². The molecule has 0 heterocycles. The molecule has 0 saturated heterocycles. The highest BCUT2D eigenvalue weighted by Crippen LogP contribution is 2.11. The van der Waals surface area contributed by atoms with Gasteiger partial charge in [-0.3, -0.25) is 4.79 Å². The number of carbonyl (C=O) groups excluding carboxylic acids is 1. The molecule has 8 radical (unpaired) electrons. The van der Waals surface area contributed by atoms with E-state index in [4.69, 9.17) is 36.1 Å². The van der Waals surface area contributed by atoms with E-state index >= 15 is 0 Å². The predicted octanol–water partition coefficient (Wildman–Crippen LogP) is -1.08. The number of phenolic OH excluding ortho intramolecular Hbond substituents is 1. The molecule has 0 aliphatic rings. The zero-order valence-electron chi connectivity index (χ0n) is 8.21. The first-order valence-corrected chi connectivity index (χ1v) is 4.24. The summed E-state index contributed by atoms with van der Waals surface area (Å²) in [4.78, 5) is 10.1. The summed E-state index contributed by atoms with van der Waals surface area (Å²) >= 11 is 0. The van der Waals surface area contributed by atoms with Crippen molar-refractivity contribution in [3.63, 3.8) is 0 Å². The highest BCUT2D eigenvalue weighted by Gasteiger charge is 2.00. The van der Waals surface area contributed by atoms with Crippen molar-refractivity contribution in [2.75, 3.05) is 0 Å². The van der Waals surface area contributed by atoms with Crippen molar-refractivity contribution in [3.8, 4) is 5.75 Å². The topological polar surface area (TPSA) is 37.3 Å². The lowest BCUT2D eigenvalue weighted by Crippen LogP contribution is -2.38. The van der Waals surface area contributed by atoms with Crippen molar-refractivity contribution < 1.29 is 9.90 Å². The molecule has 0 fully saturated rings. The summed E-state index contributed by atoms with van der Waals surface area (Å²) in [5.74, 6) is 0.0347. The molecule has 0 atom stereocenters. The largest absolute Gasteiger partial charge is 0.507 e. The summed E-state index contributed by atoms with van der Waals surface area (Å²) in [6.45, 7) is 0. The van der Waals surface area contributed by atoms with E-state index in [1.165, 1.54) is 6.07 Å². The first-order valence-electron chi connectivity index (χ1n) is 4.24. The van der Waals surface area contributed by atoms with Crippen molar-refractivity contribution in [2.24, 2.45) is 0 Å². The molecular weight excluding hydrogens is 181 g/mol.